The van der Waals surface area contributed by atoms with Crippen LogP contribution in [0.1, 0.15) is 24.8 Å². The first-order valence-corrected chi connectivity index (χ1v) is 9.03. The first kappa shape index (κ1) is 18.1. The average Bonchev–Trinajstić information content (AvgIpc) is 2.94. The number of anilines is 1. The van der Waals surface area contributed by atoms with Crippen LogP contribution in [0.25, 0.3) is 0 Å². The number of rotatable bonds is 6. The summed E-state index contributed by atoms with van der Waals surface area (Å²) in [5.74, 6) is -0.639. The number of carbonyl (C=O) groups excluding carboxylic acids is 3. The van der Waals surface area contributed by atoms with Crippen molar-refractivity contribution < 1.29 is 14.4 Å². The Hall–Kier alpha value is -2.74. The lowest BCUT2D eigenvalue weighted by Gasteiger charge is -2.14. The van der Waals surface area contributed by atoms with E-state index in [0.717, 1.165) is 15.4 Å². The van der Waals surface area contributed by atoms with Gasteiger partial charge in [-0.15, -0.1) is 0 Å². The van der Waals surface area contributed by atoms with E-state index in [4.69, 9.17) is 0 Å². The van der Waals surface area contributed by atoms with Crippen LogP contribution in [0.15, 0.2) is 46.7 Å². The van der Waals surface area contributed by atoms with Gasteiger partial charge in [-0.2, -0.15) is 0 Å². The molecule has 0 unspecified atom stereocenters. The van der Waals surface area contributed by atoms with E-state index >= 15 is 0 Å². The van der Waals surface area contributed by atoms with Crippen molar-refractivity contribution in [3.8, 4) is 0 Å². The third kappa shape index (κ3) is 4.45. The minimum atomic E-state index is -0.229. The standard InChI is InChI=1S/C18H18N4O3S/c1-12-11-13(26-18-19-8-2-9-20-18)3-4-14(12)21-15(23)7-10-22-16(24)5-6-17(22)25/h2-4,8-9,11H,5-7,10H2,1H3,(H,21,23). The number of nitrogens with one attached hydrogen (secondary N) is 1. The van der Waals surface area contributed by atoms with Crippen LogP contribution in [0.5, 0.6) is 0 Å². The van der Waals surface area contributed by atoms with Crippen LogP contribution in [0, 0.1) is 6.92 Å². The van der Waals surface area contributed by atoms with Gasteiger partial charge in [0.25, 0.3) is 0 Å². The molecule has 1 fully saturated rings. The van der Waals surface area contributed by atoms with Gasteiger partial charge in [-0.25, -0.2) is 9.97 Å². The number of hydrogen-bond acceptors (Lipinski definition) is 6. The molecule has 1 saturated heterocycles. The van der Waals surface area contributed by atoms with Crippen molar-refractivity contribution in [3.63, 3.8) is 0 Å². The average molecular weight is 370 g/mol. The molecule has 8 heteroatoms. The number of benzene rings is 1. The largest absolute Gasteiger partial charge is 0.326 e. The van der Waals surface area contributed by atoms with Gasteiger partial charge in [0.2, 0.25) is 17.7 Å². The zero-order chi connectivity index (χ0) is 18.5. The highest BCUT2D eigenvalue weighted by Gasteiger charge is 2.28. The molecule has 0 atom stereocenters. The Morgan fingerprint density at radius 2 is 1.88 bits per heavy atom. The van der Waals surface area contributed by atoms with Crippen molar-refractivity contribution in [1.82, 2.24) is 14.9 Å². The van der Waals surface area contributed by atoms with Crippen molar-refractivity contribution in [2.24, 2.45) is 0 Å². The van der Waals surface area contributed by atoms with Crippen LogP contribution >= 0.6 is 11.8 Å². The molecule has 134 valence electrons. The Labute approximate surface area is 155 Å². The SMILES string of the molecule is Cc1cc(Sc2ncccn2)ccc1NC(=O)CCN1C(=O)CCC1=O. The molecule has 0 saturated carbocycles. The molecule has 2 aromatic rings. The Morgan fingerprint density at radius 3 is 2.54 bits per heavy atom. The molecule has 0 radical (unpaired) electrons. The molecule has 1 aromatic carbocycles. The number of carbonyl (C=O) groups is 3. The van der Waals surface area contributed by atoms with E-state index in [0.29, 0.717) is 10.8 Å². The number of amides is 3. The van der Waals surface area contributed by atoms with Crippen LogP contribution in [-0.4, -0.2) is 39.1 Å². The third-order valence-electron chi connectivity index (χ3n) is 3.94. The van der Waals surface area contributed by atoms with Gasteiger partial charge in [0.1, 0.15) is 0 Å². The number of hydrogen-bond donors (Lipinski definition) is 1. The Balaban J connectivity index is 1.56. The number of nitrogens with zero attached hydrogens (tertiary/aromatic N) is 3. The van der Waals surface area contributed by atoms with Gasteiger partial charge >= 0.3 is 0 Å². The summed E-state index contributed by atoms with van der Waals surface area (Å²) in [6.07, 6.45) is 3.94. The maximum absolute atomic E-state index is 12.1. The highest BCUT2D eigenvalue weighted by atomic mass is 32.2. The predicted molar refractivity (Wildman–Crippen MR) is 96.5 cm³/mol. The number of aryl methyl sites for hydroxylation is 1. The lowest BCUT2D eigenvalue weighted by atomic mass is 10.2. The normalized spacial score (nSPS) is 14.0. The van der Waals surface area contributed by atoms with E-state index in [9.17, 15) is 14.4 Å². The molecule has 3 amide bonds. The van der Waals surface area contributed by atoms with E-state index in [2.05, 4.69) is 15.3 Å². The minimum Gasteiger partial charge on any atom is -0.326 e. The predicted octanol–water partition coefficient (Wildman–Crippen LogP) is 2.41. The highest BCUT2D eigenvalue weighted by molar-refractivity contribution is 7.99. The molecule has 0 spiro atoms. The maximum Gasteiger partial charge on any atom is 0.229 e. The fourth-order valence-corrected chi connectivity index (χ4v) is 3.39. The van der Waals surface area contributed by atoms with Gasteiger partial charge in [0.05, 0.1) is 0 Å². The molecule has 7 nitrogen and oxygen atoms in total. The summed E-state index contributed by atoms with van der Waals surface area (Å²) in [5, 5.41) is 3.48. The zero-order valence-corrected chi connectivity index (χ0v) is 15.1. The Kier molecular flexibility index (Phi) is 5.62. The van der Waals surface area contributed by atoms with E-state index in [1.54, 1.807) is 18.5 Å². The van der Waals surface area contributed by atoms with Crippen LogP contribution in [0.4, 0.5) is 5.69 Å². The van der Waals surface area contributed by atoms with E-state index in [1.807, 2.05) is 25.1 Å². The summed E-state index contributed by atoms with van der Waals surface area (Å²) in [4.78, 5) is 45.7. The van der Waals surface area contributed by atoms with E-state index in [-0.39, 0.29) is 43.5 Å². The molecular formula is C18H18N4O3S. The first-order chi connectivity index (χ1) is 12.5. The van der Waals surface area contributed by atoms with Crippen molar-refractivity contribution in [2.45, 2.75) is 36.2 Å². The fourth-order valence-electron chi connectivity index (χ4n) is 2.58. The van der Waals surface area contributed by atoms with Gasteiger partial charge in [-0.05, 0) is 48.5 Å². The summed E-state index contributed by atoms with van der Waals surface area (Å²) in [5.41, 5.74) is 1.61. The van der Waals surface area contributed by atoms with Crippen molar-refractivity contribution in [3.05, 3.63) is 42.2 Å². The zero-order valence-electron chi connectivity index (χ0n) is 14.3. The van der Waals surface area contributed by atoms with Gasteiger partial charge in [0, 0.05) is 48.8 Å². The van der Waals surface area contributed by atoms with Crippen LogP contribution in [0.2, 0.25) is 0 Å². The molecule has 2 heterocycles. The first-order valence-electron chi connectivity index (χ1n) is 8.21. The monoisotopic (exact) mass is 370 g/mol. The molecule has 0 aliphatic carbocycles. The van der Waals surface area contributed by atoms with Crippen LogP contribution in [0.3, 0.4) is 0 Å². The molecule has 0 bridgehead atoms. The Morgan fingerprint density at radius 1 is 1.19 bits per heavy atom. The second-order valence-corrected chi connectivity index (χ2v) is 6.89. The quantitative estimate of drug-likeness (QED) is 0.620. The topological polar surface area (TPSA) is 92.3 Å². The van der Waals surface area contributed by atoms with Crippen molar-refractivity contribution in [2.75, 3.05) is 11.9 Å². The summed E-state index contributed by atoms with van der Waals surface area (Å²) < 4.78 is 0. The molecular weight excluding hydrogens is 352 g/mol. The van der Waals surface area contributed by atoms with Crippen molar-refractivity contribution in [1.29, 1.82) is 0 Å². The lowest BCUT2D eigenvalue weighted by molar-refractivity contribution is -0.138. The minimum absolute atomic E-state index is 0.0886. The summed E-state index contributed by atoms with van der Waals surface area (Å²) >= 11 is 1.44. The number of imide groups is 1. The van der Waals surface area contributed by atoms with E-state index < -0.39 is 0 Å². The van der Waals surface area contributed by atoms with Crippen molar-refractivity contribution >= 4 is 35.2 Å². The van der Waals surface area contributed by atoms with Crippen LogP contribution in [-0.2, 0) is 14.4 Å². The number of likely N-dealkylation sites (tertiary alicyclic amines) is 1. The van der Waals surface area contributed by atoms with Gasteiger partial charge in [-0.3, -0.25) is 19.3 Å². The molecule has 1 aromatic heterocycles. The smallest absolute Gasteiger partial charge is 0.229 e. The number of aromatic nitrogens is 2. The summed E-state index contributed by atoms with van der Waals surface area (Å²) in [6, 6.07) is 7.42. The van der Waals surface area contributed by atoms with Gasteiger partial charge in [0.15, 0.2) is 5.16 Å². The van der Waals surface area contributed by atoms with Gasteiger partial charge < -0.3 is 5.32 Å². The lowest BCUT2D eigenvalue weighted by Crippen LogP contribution is -2.32. The second-order valence-electron chi connectivity index (χ2n) is 5.85. The van der Waals surface area contributed by atoms with Gasteiger partial charge in [-0.1, -0.05) is 0 Å². The molecule has 1 aliphatic heterocycles. The summed E-state index contributed by atoms with van der Waals surface area (Å²) in [6.45, 7) is 2.03. The second kappa shape index (κ2) is 8.09. The highest BCUT2D eigenvalue weighted by Crippen LogP contribution is 2.28. The molecule has 3 rings (SSSR count). The maximum atomic E-state index is 12.1. The summed E-state index contributed by atoms with van der Waals surface area (Å²) in [7, 11) is 0. The van der Waals surface area contributed by atoms with E-state index in [1.165, 1.54) is 11.8 Å². The molecule has 1 aliphatic rings. The molecule has 26 heavy (non-hydrogen) atoms. The fraction of sp³-hybridized carbons (Fsp3) is 0.278. The third-order valence-corrected chi connectivity index (χ3v) is 4.82. The molecule has 1 N–H and O–H groups in total. The van der Waals surface area contributed by atoms with Crippen LogP contribution < -0.4 is 5.32 Å². The Bertz CT molecular complexity index is 826.